The summed E-state index contributed by atoms with van der Waals surface area (Å²) < 4.78 is 5.21. The van der Waals surface area contributed by atoms with Gasteiger partial charge in [0.25, 0.3) is 11.6 Å². The number of ether oxygens (including phenoxy) is 1. The molecule has 0 radical (unpaired) electrons. The molecule has 2 atom stereocenters. The van der Waals surface area contributed by atoms with E-state index in [-0.39, 0.29) is 30.3 Å². The Hall–Kier alpha value is -2.48. The van der Waals surface area contributed by atoms with Crippen molar-refractivity contribution in [3.05, 3.63) is 39.9 Å². The number of methoxy groups -OCH3 is 1. The molecule has 1 saturated heterocycles. The van der Waals surface area contributed by atoms with Crippen molar-refractivity contribution in [1.29, 1.82) is 0 Å². The number of benzene rings is 1. The van der Waals surface area contributed by atoms with Gasteiger partial charge in [0.05, 0.1) is 17.4 Å². The van der Waals surface area contributed by atoms with Crippen LogP contribution in [-0.2, 0) is 9.53 Å². The third kappa shape index (κ3) is 3.40. The van der Waals surface area contributed by atoms with Gasteiger partial charge in [0.1, 0.15) is 0 Å². The van der Waals surface area contributed by atoms with Crippen molar-refractivity contribution in [3.63, 3.8) is 0 Å². The SMILES string of the molecule is COC1CC(CC(=O)O)N(C(=O)c2cccc([N+](=O)[O-])c2)C1. The predicted octanol–water partition coefficient (Wildman–Crippen LogP) is 1.30. The molecule has 1 amide bonds. The van der Waals surface area contributed by atoms with Crippen LogP contribution in [-0.4, -0.2) is 52.6 Å². The van der Waals surface area contributed by atoms with E-state index in [9.17, 15) is 19.7 Å². The highest BCUT2D eigenvalue weighted by Gasteiger charge is 2.37. The summed E-state index contributed by atoms with van der Waals surface area (Å²) in [6.45, 7) is 0.274. The first-order valence-corrected chi connectivity index (χ1v) is 6.72. The second-order valence-electron chi connectivity index (χ2n) is 5.11. The first-order chi connectivity index (χ1) is 10.4. The average molecular weight is 308 g/mol. The number of amides is 1. The molecule has 22 heavy (non-hydrogen) atoms. The summed E-state index contributed by atoms with van der Waals surface area (Å²) in [6.07, 6.45) is 0.0243. The quantitative estimate of drug-likeness (QED) is 0.648. The minimum atomic E-state index is -1.00. The van der Waals surface area contributed by atoms with Gasteiger partial charge in [0.15, 0.2) is 0 Å². The van der Waals surface area contributed by atoms with Crippen LogP contribution in [0.4, 0.5) is 5.69 Å². The molecule has 8 nitrogen and oxygen atoms in total. The van der Waals surface area contributed by atoms with Crippen LogP contribution in [0.2, 0.25) is 0 Å². The zero-order valence-electron chi connectivity index (χ0n) is 12.0. The van der Waals surface area contributed by atoms with E-state index in [4.69, 9.17) is 9.84 Å². The summed E-state index contributed by atoms with van der Waals surface area (Å²) in [7, 11) is 1.50. The van der Waals surface area contributed by atoms with Crippen LogP contribution in [0, 0.1) is 10.1 Å². The van der Waals surface area contributed by atoms with Crippen LogP contribution in [0.3, 0.4) is 0 Å². The van der Waals surface area contributed by atoms with Gasteiger partial charge >= 0.3 is 5.97 Å². The molecule has 2 rings (SSSR count). The van der Waals surface area contributed by atoms with E-state index < -0.39 is 22.8 Å². The number of carbonyl (C=O) groups excluding carboxylic acids is 1. The van der Waals surface area contributed by atoms with Crippen LogP contribution < -0.4 is 0 Å². The van der Waals surface area contributed by atoms with E-state index >= 15 is 0 Å². The summed E-state index contributed by atoms with van der Waals surface area (Å²) >= 11 is 0. The second kappa shape index (κ2) is 6.52. The molecule has 0 bridgehead atoms. The van der Waals surface area contributed by atoms with Gasteiger partial charge in [-0.1, -0.05) is 6.07 Å². The highest BCUT2D eigenvalue weighted by atomic mass is 16.6. The van der Waals surface area contributed by atoms with Crippen molar-refractivity contribution in [2.24, 2.45) is 0 Å². The van der Waals surface area contributed by atoms with Crippen LogP contribution in [0.25, 0.3) is 0 Å². The second-order valence-corrected chi connectivity index (χ2v) is 5.11. The molecular weight excluding hydrogens is 292 g/mol. The highest BCUT2D eigenvalue weighted by Crippen LogP contribution is 2.25. The Morgan fingerprint density at radius 2 is 2.23 bits per heavy atom. The van der Waals surface area contributed by atoms with Crippen molar-refractivity contribution in [1.82, 2.24) is 4.90 Å². The lowest BCUT2D eigenvalue weighted by molar-refractivity contribution is -0.384. The number of hydrogen-bond donors (Lipinski definition) is 1. The molecule has 1 heterocycles. The van der Waals surface area contributed by atoms with Crippen LogP contribution in [0.1, 0.15) is 23.2 Å². The average Bonchev–Trinajstić information content (AvgIpc) is 2.88. The van der Waals surface area contributed by atoms with Crippen molar-refractivity contribution >= 4 is 17.6 Å². The summed E-state index contributed by atoms with van der Waals surface area (Å²) in [6, 6.07) is 4.93. The maximum atomic E-state index is 12.5. The molecule has 1 N–H and O–H groups in total. The number of carbonyl (C=O) groups is 2. The van der Waals surface area contributed by atoms with E-state index in [2.05, 4.69) is 0 Å². The van der Waals surface area contributed by atoms with Gasteiger partial charge in [-0.2, -0.15) is 0 Å². The summed E-state index contributed by atoms with van der Waals surface area (Å²) in [5, 5.41) is 19.7. The molecule has 0 aliphatic carbocycles. The molecule has 118 valence electrons. The highest BCUT2D eigenvalue weighted by molar-refractivity contribution is 5.95. The fraction of sp³-hybridized carbons (Fsp3) is 0.429. The first kappa shape index (κ1) is 15.9. The molecule has 1 aliphatic rings. The zero-order valence-corrected chi connectivity index (χ0v) is 12.0. The Bertz CT molecular complexity index is 603. The molecule has 1 aromatic rings. The fourth-order valence-electron chi connectivity index (χ4n) is 2.61. The zero-order chi connectivity index (χ0) is 16.3. The largest absolute Gasteiger partial charge is 0.481 e. The Kier molecular flexibility index (Phi) is 4.71. The van der Waals surface area contributed by atoms with E-state index in [1.807, 2.05) is 0 Å². The van der Waals surface area contributed by atoms with E-state index in [0.717, 1.165) is 0 Å². The fourth-order valence-corrected chi connectivity index (χ4v) is 2.61. The lowest BCUT2D eigenvalue weighted by Crippen LogP contribution is -2.37. The van der Waals surface area contributed by atoms with Crippen molar-refractivity contribution < 1.29 is 24.4 Å². The number of nitrogens with zero attached hydrogens (tertiary/aromatic N) is 2. The molecule has 1 fully saturated rings. The van der Waals surface area contributed by atoms with Gasteiger partial charge in [-0.3, -0.25) is 19.7 Å². The lowest BCUT2D eigenvalue weighted by Gasteiger charge is -2.23. The molecule has 1 aromatic carbocycles. The van der Waals surface area contributed by atoms with Crippen molar-refractivity contribution in [3.8, 4) is 0 Å². The van der Waals surface area contributed by atoms with E-state index in [1.54, 1.807) is 0 Å². The van der Waals surface area contributed by atoms with Crippen LogP contribution in [0.5, 0.6) is 0 Å². The number of non-ortho nitro benzene ring substituents is 1. The van der Waals surface area contributed by atoms with Gasteiger partial charge in [0, 0.05) is 37.4 Å². The normalized spacial score (nSPS) is 20.9. The summed E-state index contributed by atoms with van der Waals surface area (Å²) in [4.78, 5) is 35.1. The predicted molar refractivity (Wildman–Crippen MR) is 75.6 cm³/mol. The van der Waals surface area contributed by atoms with Crippen LogP contribution in [0.15, 0.2) is 24.3 Å². The first-order valence-electron chi connectivity index (χ1n) is 6.72. The Morgan fingerprint density at radius 1 is 1.50 bits per heavy atom. The lowest BCUT2D eigenvalue weighted by atomic mass is 10.1. The number of nitro groups is 1. The molecule has 0 spiro atoms. The number of nitro benzene ring substituents is 1. The smallest absolute Gasteiger partial charge is 0.305 e. The third-order valence-corrected chi connectivity index (χ3v) is 3.68. The minimum Gasteiger partial charge on any atom is -0.481 e. The van der Waals surface area contributed by atoms with Crippen LogP contribution >= 0.6 is 0 Å². The molecule has 0 saturated carbocycles. The molecule has 2 unspecified atom stereocenters. The van der Waals surface area contributed by atoms with Gasteiger partial charge in [-0.05, 0) is 12.5 Å². The van der Waals surface area contributed by atoms with Gasteiger partial charge in [-0.25, -0.2) is 0 Å². The number of aliphatic carboxylic acids is 1. The third-order valence-electron chi connectivity index (χ3n) is 3.68. The molecule has 8 heteroatoms. The number of carboxylic acid groups (broad SMARTS) is 1. The van der Waals surface area contributed by atoms with Gasteiger partial charge < -0.3 is 14.7 Å². The number of likely N-dealkylation sites (tertiary alicyclic amines) is 1. The molecule has 1 aliphatic heterocycles. The van der Waals surface area contributed by atoms with Gasteiger partial charge in [0.2, 0.25) is 0 Å². The van der Waals surface area contributed by atoms with E-state index in [0.29, 0.717) is 6.42 Å². The maximum Gasteiger partial charge on any atom is 0.305 e. The number of rotatable bonds is 5. The van der Waals surface area contributed by atoms with Crippen molar-refractivity contribution in [2.75, 3.05) is 13.7 Å². The number of carboxylic acids is 1. The monoisotopic (exact) mass is 308 g/mol. The summed E-state index contributed by atoms with van der Waals surface area (Å²) in [5.74, 6) is -1.42. The Balaban J connectivity index is 2.24. The standard InChI is InChI=1S/C14H16N2O6/c1-22-12-6-11(7-13(17)18)15(8-12)14(19)9-3-2-4-10(5-9)16(20)21/h2-5,11-12H,6-8H2,1H3,(H,17,18). The Labute approximate surface area is 126 Å². The van der Waals surface area contributed by atoms with Gasteiger partial charge in [-0.15, -0.1) is 0 Å². The number of hydrogen-bond acceptors (Lipinski definition) is 5. The molecule has 0 aromatic heterocycles. The molecular formula is C14H16N2O6. The summed E-state index contributed by atoms with van der Waals surface area (Å²) in [5.41, 5.74) is -0.00975. The topological polar surface area (TPSA) is 110 Å². The Morgan fingerprint density at radius 3 is 2.82 bits per heavy atom. The van der Waals surface area contributed by atoms with Crippen molar-refractivity contribution in [2.45, 2.75) is 25.0 Å². The van der Waals surface area contributed by atoms with E-state index in [1.165, 1.54) is 36.3 Å². The minimum absolute atomic E-state index is 0.168. The maximum absolute atomic E-state index is 12.5.